The molecular weight excluding hydrogens is 279 g/mol. The lowest BCUT2D eigenvalue weighted by atomic mass is 9.96. The fourth-order valence-electron chi connectivity index (χ4n) is 2.55. The molecule has 104 valence electrons. The molecule has 0 amide bonds. The molecule has 2 aromatic carbocycles. The van der Waals surface area contributed by atoms with Gasteiger partial charge in [0, 0.05) is 22.6 Å². The van der Waals surface area contributed by atoms with E-state index < -0.39 is 6.04 Å². The summed E-state index contributed by atoms with van der Waals surface area (Å²) >= 11 is 5.96. The molecule has 0 fully saturated rings. The zero-order valence-corrected chi connectivity index (χ0v) is 11.5. The molecule has 3 nitrogen and oxygen atoms in total. The van der Waals surface area contributed by atoms with Crippen molar-refractivity contribution in [2.45, 2.75) is 12.5 Å². The average Bonchev–Trinajstić information content (AvgIpc) is 2.92. The van der Waals surface area contributed by atoms with E-state index in [1.54, 1.807) is 6.07 Å². The summed E-state index contributed by atoms with van der Waals surface area (Å²) in [6.07, 6.45) is 0.860. The third-order valence-electron chi connectivity index (χ3n) is 3.49. The molecular formula is C15H14ClFN2O. The minimum atomic E-state index is -0.498. The number of rotatable bonds is 3. The molecule has 20 heavy (non-hydrogen) atoms. The molecule has 0 saturated heterocycles. The molecule has 0 aromatic heterocycles. The summed E-state index contributed by atoms with van der Waals surface area (Å²) in [6, 6.07) is 9.75. The second-order valence-corrected chi connectivity index (χ2v) is 5.14. The van der Waals surface area contributed by atoms with Crippen LogP contribution in [0.15, 0.2) is 36.4 Å². The van der Waals surface area contributed by atoms with Gasteiger partial charge in [-0.2, -0.15) is 0 Å². The number of para-hydroxylation sites is 1. The molecule has 5 heteroatoms. The van der Waals surface area contributed by atoms with Crippen LogP contribution in [0.4, 0.5) is 4.39 Å². The van der Waals surface area contributed by atoms with Gasteiger partial charge < -0.3 is 4.74 Å². The van der Waals surface area contributed by atoms with Crippen molar-refractivity contribution in [1.29, 1.82) is 0 Å². The van der Waals surface area contributed by atoms with E-state index in [2.05, 4.69) is 5.43 Å². The van der Waals surface area contributed by atoms with E-state index in [4.69, 9.17) is 22.2 Å². The molecule has 1 heterocycles. The molecule has 2 aromatic rings. The third kappa shape index (κ3) is 2.26. The van der Waals surface area contributed by atoms with Gasteiger partial charge in [0.25, 0.3) is 0 Å². The van der Waals surface area contributed by atoms with Gasteiger partial charge in [-0.3, -0.25) is 5.84 Å². The topological polar surface area (TPSA) is 47.3 Å². The summed E-state index contributed by atoms with van der Waals surface area (Å²) in [5.74, 6) is 6.07. The summed E-state index contributed by atoms with van der Waals surface area (Å²) in [4.78, 5) is 0. The van der Waals surface area contributed by atoms with Gasteiger partial charge in [0.1, 0.15) is 11.6 Å². The van der Waals surface area contributed by atoms with Crippen LogP contribution in [-0.2, 0) is 6.42 Å². The predicted molar refractivity (Wildman–Crippen MR) is 76.2 cm³/mol. The van der Waals surface area contributed by atoms with Gasteiger partial charge >= 0.3 is 0 Å². The molecule has 1 atom stereocenters. The van der Waals surface area contributed by atoms with E-state index in [1.807, 2.05) is 18.2 Å². The Kier molecular flexibility index (Phi) is 3.61. The fourth-order valence-corrected chi connectivity index (χ4v) is 2.73. The van der Waals surface area contributed by atoms with Crippen LogP contribution in [0.3, 0.4) is 0 Å². The SMILES string of the molecule is NNC(c1cc(Cl)ccc1F)c1cccc2c1OCC2. The standard InChI is InChI=1S/C15H14ClFN2O/c16-10-4-5-13(17)12(8-10)14(19-18)11-3-1-2-9-6-7-20-15(9)11/h1-5,8,14,19H,6-7,18H2. The van der Waals surface area contributed by atoms with Crippen LogP contribution in [0, 0.1) is 5.82 Å². The van der Waals surface area contributed by atoms with Crippen molar-refractivity contribution >= 4 is 11.6 Å². The molecule has 3 N–H and O–H groups in total. The monoisotopic (exact) mass is 292 g/mol. The third-order valence-corrected chi connectivity index (χ3v) is 3.73. The van der Waals surface area contributed by atoms with Crippen molar-refractivity contribution in [2.24, 2.45) is 5.84 Å². The van der Waals surface area contributed by atoms with Crippen molar-refractivity contribution in [1.82, 2.24) is 5.43 Å². The zero-order valence-electron chi connectivity index (χ0n) is 10.7. The Labute approximate surface area is 121 Å². The first-order chi connectivity index (χ1) is 9.70. The minimum Gasteiger partial charge on any atom is -0.493 e. The molecule has 3 rings (SSSR count). The smallest absolute Gasteiger partial charge is 0.128 e. The first kappa shape index (κ1) is 13.4. The molecule has 0 saturated carbocycles. The summed E-state index contributed by atoms with van der Waals surface area (Å²) in [7, 11) is 0. The first-order valence-electron chi connectivity index (χ1n) is 6.36. The Balaban J connectivity index is 2.11. The van der Waals surface area contributed by atoms with Gasteiger partial charge in [-0.15, -0.1) is 0 Å². The quantitative estimate of drug-likeness (QED) is 0.675. The Hall–Kier alpha value is -1.62. The summed E-state index contributed by atoms with van der Waals surface area (Å²) in [6.45, 7) is 0.641. The molecule has 0 aliphatic carbocycles. The largest absolute Gasteiger partial charge is 0.493 e. The fraction of sp³-hybridized carbons (Fsp3) is 0.200. The van der Waals surface area contributed by atoms with E-state index in [1.165, 1.54) is 12.1 Å². The van der Waals surface area contributed by atoms with Crippen molar-refractivity contribution in [3.8, 4) is 5.75 Å². The highest BCUT2D eigenvalue weighted by atomic mass is 35.5. The van der Waals surface area contributed by atoms with Gasteiger partial charge in [0.05, 0.1) is 12.6 Å². The van der Waals surface area contributed by atoms with Crippen LogP contribution in [-0.4, -0.2) is 6.61 Å². The highest BCUT2D eigenvalue weighted by Gasteiger charge is 2.24. The van der Waals surface area contributed by atoms with Crippen molar-refractivity contribution in [3.05, 3.63) is 63.9 Å². The van der Waals surface area contributed by atoms with E-state index in [0.29, 0.717) is 17.2 Å². The average molecular weight is 293 g/mol. The lowest BCUT2D eigenvalue weighted by molar-refractivity contribution is 0.350. The summed E-state index contributed by atoms with van der Waals surface area (Å²) < 4.78 is 19.7. The Morgan fingerprint density at radius 3 is 2.90 bits per heavy atom. The van der Waals surface area contributed by atoms with Crippen molar-refractivity contribution in [3.63, 3.8) is 0 Å². The van der Waals surface area contributed by atoms with Crippen LogP contribution >= 0.6 is 11.6 Å². The zero-order chi connectivity index (χ0) is 14.1. The van der Waals surface area contributed by atoms with E-state index in [9.17, 15) is 4.39 Å². The lowest BCUT2D eigenvalue weighted by Crippen LogP contribution is -2.29. The molecule has 1 unspecified atom stereocenters. The number of ether oxygens (including phenoxy) is 1. The van der Waals surface area contributed by atoms with Crippen LogP contribution in [0.1, 0.15) is 22.7 Å². The summed E-state index contributed by atoms with van der Waals surface area (Å²) in [5.41, 5.74) is 5.00. The van der Waals surface area contributed by atoms with Gasteiger partial charge in [-0.1, -0.05) is 29.8 Å². The number of hydrogen-bond donors (Lipinski definition) is 2. The lowest BCUT2D eigenvalue weighted by Gasteiger charge is -2.20. The second kappa shape index (κ2) is 5.40. The van der Waals surface area contributed by atoms with Gasteiger partial charge in [0.2, 0.25) is 0 Å². The number of benzene rings is 2. The van der Waals surface area contributed by atoms with E-state index in [-0.39, 0.29) is 5.82 Å². The normalized spacial score (nSPS) is 14.8. The molecule has 0 bridgehead atoms. The molecule has 1 aliphatic rings. The second-order valence-electron chi connectivity index (χ2n) is 4.70. The Morgan fingerprint density at radius 1 is 1.25 bits per heavy atom. The molecule has 0 spiro atoms. The highest BCUT2D eigenvalue weighted by Crippen LogP contribution is 2.37. The Bertz CT molecular complexity index is 648. The first-order valence-corrected chi connectivity index (χ1v) is 6.74. The number of hydrogen-bond acceptors (Lipinski definition) is 3. The molecule has 1 aliphatic heterocycles. The maximum Gasteiger partial charge on any atom is 0.128 e. The van der Waals surface area contributed by atoms with Crippen LogP contribution in [0.5, 0.6) is 5.75 Å². The number of fused-ring (bicyclic) bond motifs is 1. The van der Waals surface area contributed by atoms with Crippen LogP contribution < -0.4 is 16.0 Å². The van der Waals surface area contributed by atoms with Gasteiger partial charge in [-0.05, 0) is 23.8 Å². The molecule has 0 radical (unpaired) electrons. The number of nitrogens with one attached hydrogen (secondary N) is 1. The van der Waals surface area contributed by atoms with E-state index in [0.717, 1.165) is 23.3 Å². The maximum atomic E-state index is 14.0. The minimum absolute atomic E-state index is 0.354. The number of nitrogens with two attached hydrogens (primary N) is 1. The van der Waals surface area contributed by atoms with Crippen LogP contribution in [0.2, 0.25) is 5.02 Å². The van der Waals surface area contributed by atoms with Crippen molar-refractivity contribution < 1.29 is 9.13 Å². The van der Waals surface area contributed by atoms with Gasteiger partial charge in [-0.25, -0.2) is 9.82 Å². The number of hydrazine groups is 1. The van der Waals surface area contributed by atoms with E-state index >= 15 is 0 Å². The maximum absolute atomic E-state index is 14.0. The van der Waals surface area contributed by atoms with Crippen molar-refractivity contribution in [2.75, 3.05) is 6.61 Å². The summed E-state index contributed by atoms with van der Waals surface area (Å²) in [5, 5.41) is 0.468. The highest BCUT2D eigenvalue weighted by molar-refractivity contribution is 6.30. The van der Waals surface area contributed by atoms with Gasteiger partial charge in [0.15, 0.2) is 0 Å². The predicted octanol–water partition coefficient (Wildman–Crippen LogP) is 2.97. The Morgan fingerprint density at radius 2 is 2.10 bits per heavy atom. The number of halogens is 2. The van der Waals surface area contributed by atoms with Crippen LogP contribution in [0.25, 0.3) is 0 Å².